The number of benzene rings is 2. The van der Waals surface area contributed by atoms with E-state index in [2.05, 4.69) is 15.5 Å². The van der Waals surface area contributed by atoms with Gasteiger partial charge in [-0.2, -0.15) is 0 Å². The van der Waals surface area contributed by atoms with Crippen molar-refractivity contribution in [3.05, 3.63) is 58.9 Å². The highest BCUT2D eigenvalue weighted by molar-refractivity contribution is 6.30. The average molecular weight is 374 g/mol. The molecular formula is C18H16ClN3O4. The van der Waals surface area contributed by atoms with Gasteiger partial charge in [-0.3, -0.25) is 4.79 Å². The first kappa shape index (κ1) is 17.8. The van der Waals surface area contributed by atoms with Crippen LogP contribution in [0.1, 0.15) is 16.2 Å². The van der Waals surface area contributed by atoms with Crippen molar-refractivity contribution >= 4 is 17.5 Å². The second-order valence-electron chi connectivity index (χ2n) is 5.29. The lowest BCUT2D eigenvalue weighted by atomic mass is 10.2. The molecule has 1 heterocycles. The monoisotopic (exact) mass is 373 g/mol. The SMILES string of the molecule is COc1ccc(CNC(=O)c2nnc(-c3cccc(Cl)c3)o2)cc1OC. The van der Waals surface area contributed by atoms with Gasteiger partial charge in [0.1, 0.15) is 0 Å². The average Bonchev–Trinajstić information content (AvgIpc) is 3.16. The quantitative estimate of drug-likeness (QED) is 0.713. The van der Waals surface area contributed by atoms with Crippen molar-refractivity contribution in [3.8, 4) is 23.0 Å². The van der Waals surface area contributed by atoms with Crippen LogP contribution in [0.15, 0.2) is 46.9 Å². The number of rotatable bonds is 6. The standard InChI is InChI=1S/C18H16ClN3O4/c1-24-14-7-6-11(8-15(14)25-2)10-20-16(23)18-22-21-17(26-18)12-4-3-5-13(19)9-12/h3-9H,10H2,1-2H3,(H,20,23). The Morgan fingerprint density at radius 1 is 1.12 bits per heavy atom. The van der Waals surface area contributed by atoms with E-state index in [1.54, 1.807) is 50.6 Å². The van der Waals surface area contributed by atoms with E-state index >= 15 is 0 Å². The molecule has 0 bridgehead atoms. The number of halogens is 1. The Morgan fingerprint density at radius 2 is 1.92 bits per heavy atom. The van der Waals surface area contributed by atoms with Crippen LogP contribution in [0.25, 0.3) is 11.5 Å². The topological polar surface area (TPSA) is 86.5 Å². The second-order valence-corrected chi connectivity index (χ2v) is 5.73. The zero-order valence-corrected chi connectivity index (χ0v) is 14.9. The van der Waals surface area contributed by atoms with E-state index < -0.39 is 5.91 Å². The molecule has 0 atom stereocenters. The van der Waals surface area contributed by atoms with E-state index in [-0.39, 0.29) is 18.3 Å². The van der Waals surface area contributed by atoms with E-state index in [1.807, 2.05) is 6.07 Å². The number of nitrogens with one attached hydrogen (secondary N) is 1. The minimum Gasteiger partial charge on any atom is -0.493 e. The molecule has 134 valence electrons. The van der Waals surface area contributed by atoms with Crippen LogP contribution in [-0.4, -0.2) is 30.3 Å². The number of hydrogen-bond acceptors (Lipinski definition) is 6. The third kappa shape index (κ3) is 3.94. The Labute approximate surface area is 154 Å². The van der Waals surface area contributed by atoms with Crippen LogP contribution in [0.5, 0.6) is 11.5 Å². The van der Waals surface area contributed by atoms with E-state index in [0.717, 1.165) is 5.56 Å². The maximum atomic E-state index is 12.2. The summed E-state index contributed by atoms with van der Waals surface area (Å²) in [4.78, 5) is 12.2. The van der Waals surface area contributed by atoms with Gasteiger partial charge in [0, 0.05) is 17.1 Å². The van der Waals surface area contributed by atoms with E-state index in [4.69, 9.17) is 25.5 Å². The molecule has 26 heavy (non-hydrogen) atoms. The third-order valence-electron chi connectivity index (χ3n) is 3.59. The molecular weight excluding hydrogens is 358 g/mol. The lowest BCUT2D eigenvalue weighted by Crippen LogP contribution is -2.23. The first-order chi connectivity index (χ1) is 12.6. The Hall–Kier alpha value is -3.06. The van der Waals surface area contributed by atoms with E-state index in [0.29, 0.717) is 22.1 Å². The zero-order chi connectivity index (χ0) is 18.5. The highest BCUT2D eigenvalue weighted by Crippen LogP contribution is 2.27. The van der Waals surface area contributed by atoms with Gasteiger partial charge >= 0.3 is 11.8 Å². The Balaban J connectivity index is 1.67. The van der Waals surface area contributed by atoms with Crippen molar-refractivity contribution in [3.63, 3.8) is 0 Å². The van der Waals surface area contributed by atoms with Crippen LogP contribution in [-0.2, 0) is 6.54 Å². The summed E-state index contributed by atoms with van der Waals surface area (Å²) in [5, 5.41) is 10.9. The van der Waals surface area contributed by atoms with Crippen LogP contribution in [0.4, 0.5) is 0 Å². The fourth-order valence-electron chi connectivity index (χ4n) is 2.30. The molecule has 0 spiro atoms. The first-order valence-corrected chi connectivity index (χ1v) is 8.07. The summed E-state index contributed by atoms with van der Waals surface area (Å²) in [7, 11) is 3.11. The molecule has 0 saturated heterocycles. The first-order valence-electron chi connectivity index (χ1n) is 7.69. The van der Waals surface area contributed by atoms with E-state index in [1.165, 1.54) is 0 Å². The maximum Gasteiger partial charge on any atom is 0.309 e. The van der Waals surface area contributed by atoms with E-state index in [9.17, 15) is 4.79 Å². The molecule has 3 aromatic rings. The minimum absolute atomic E-state index is 0.125. The highest BCUT2D eigenvalue weighted by atomic mass is 35.5. The van der Waals surface area contributed by atoms with Gasteiger partial charge in [-0.1, -0.05) is 23.7 Å². The number of carbonyl (C=O) groups is 1. The lowest BCUT2D eigenvalue weighted by Gasteiger charge is -2.09. The smallest absolute Gasteiger partial charge is 0.309 e. The summed E-state index contributed by atoms with van der Waals surface area (Å²) in [6.45, 7) is 0.272. The Kier molecular flexibility index (Phi) is 5.38. The fraction of sp³-hybridized carbons (Fsp3) is 0.167. The van der Waals surface area contributed by atoms with Crippen LogP contribution < -0.4 is 14.8 Å². The molecule has 1 amide bonds. The van der Waals surface area contributed by atoms with Gasteiger partial charge in [0.25, 0.3) is 0 Å². The lowest BCUT2D eigenvalue weighted by molar-refractivity contribution is 0.0917. The third-order valence-corrected chi connectivity index (χ3v) is 3.83. The van der Waals surface area contributed by atoms with Crippen LogP contribution in [0.2, 0.25) is 5.02 Å². The highest BCUT2D eigenvalue weighted by Gasteiger charge is 2.16. The molecule has 0 unspecified atom stereocenters. The number of methoxy groups -OCH3 is 2. The molecule has 7 nitrogen and oxygen atoms in total. The summed E-state index contributed by atoms with van der Waals surface area (Å²) < 4.78 is 15.8. The molecule has 0 saturated carbocycles. The van der Waals surface area contributed by atoms with Crippen molar-refractivity contribution in [2.45, 2.75) is 6.54 Å². The molecule has 0 aliphatic heterocycles. The predicted octanol–water partition coefficient (Wildman–Crippen LogP) is 3.34. The predicted molar refractivity (Wildman–Crippen MR) is 95.5 cm³/mol. The van der Waals surface area contributed by atoms with Gasteiger partial charge in [-0.25, -0.2) is 0 Å². The second kappa shape index (κ2) is 7.88. The number of carbonyl (C=O) groups excluding carboxylic acids is 1. The van der Waals surface area contributed by atoms with Gasteiger partial charge in [0.15, 0.2) is 11.5 Å². The number of amides is 1. The summed E-state index contributed by atoms with van der Waals surface area (Å²) in [5.74, 6) is 0.829. The van der Waals surface area contributed by atoms with Crippen molar-refractivity contribution in [2.75, 3.05) is 14.2 Å². The summed E-state index contributed by atoms with van der Waals surface area (Å²) in [6, 6.07) is 12.3. The van der Waals surface area contributed by atoms with Gasteiger partial charge in [-0.15, -0.1) is 10.2 Å². The molecule has 1 aromatic heterocycles. The zero-order valence-electron chi connectivity index (χ0n) is 14.2. The van der Waals surface area contributed by atoms with Crippen molar-refractivity contribution < 1.29 is 18.7 Å². The summed E-state index contributed by atoms with van der Waals surface area (Å²) >= 11 is 5.94. The van der Waals surface area contributed by atoms with Crippen molar-refractivity contribution in [2.24, 2.45) is 0 Å². The molecule has 0 fully saturated rings. The van der Waals surface area contributed by atoms with Crippen LogP contribution >= 0.6 is 11.6 Å². The summed E-state index contributed by atoms with van der Waals surface area (Å²) in [5.41, 5.74) is 1.48. The van der Waals surface area contributed by atoms with Gasteiger partial charge < -0.3 is 19.2 Å². The number of ether oxygens (including phenoxy) is 2. The molecule has 0 aliphatic rings. The molecule has 3 rings (SSSR count). The number of aromatic nitrogens is 2. The maximum absolute atomic E-state index is 12.2. The number of nitrogens with zero attached hydrogens (tertiary/aromatic N) is 2. The number of hydrogen-bond donors (Lipinski definition) is 1. The Morgan fingerprint density at radius 3 is 2.65 bits per heavy atom. The summed E-state index contributed by atoms with van der Waals surface area (Å²) in [6.07, 6.45) is 0. The molecule has 2 aromatic carbocycles. The van der Waals surface area contributed by atoms with Crippen molar-refractivity contribution in [1.29, 1.82) is 0 Å². The van der Waals surface area contributed by atoms with Crippen LogP contribution in [0, 0.1) is 0 Å². The Bertz CT molecular complexity index is 926. The van der Waals surface area contributed by atoms with Gasteiger partial charge in [0.2, 0.25) is 5.89 Å². The molecule has 1 N–H and O–H groups in total. The molecule has 0 radical (unpaired) electrons. The van der Waals surface area contributed by atoms with Crippen molar-refractivity contribution in [1.82, 2.24) is 15.5 Å². The normalized spacial score (nSPS) is 10.4. The molecule has 8 heteroatoms. The van der Waals surface area contributed by atoms with Crippen LogP contribution in [0.3, 0.4) is 0 Å². The largest absolute Gasteiger partial charge is 0.493 e. The fourth-order valence-corrected chi connectivity index (χ4v) is 2.49. The molecule has 0 aliphatic carbocycles. The van der Waals surface area contributed by atoms with Gasteiger partial charge in [0.05, 0.1) is 14.2 Å². The minimum atomic E-state index is -0.472. The van der Waals surface area contributed by atoms with Gasteiger partial charge in [-0.05, 0) is 35.9 Å².